The van der Waals surface area contributed by atoms with Crippen molar-refractivity contribution in [3.63, 3.8) is 0 Å². The Labute approximate surface area is 110 Å². The van der Waals surface area contributed by atoms with Crippen LogP contribution in [0.25, 0.3) is 0 Å². The molecular formula is C12H17N5S. The maximum atomic E-state index is 5.58. The number of nitrogens with one attached hydrogen (secondary N) is 1. The third kappa shape index (κ3) is 3.18. The first-order valence-corrected chi connectivity index (χ1v) is 6.61. The number of allylic oxidation sites excluding steroid dienone is 1. The molecule has 5 nitrogen and oxygen atoms in total. The Morgan fingerprint density at radius 2 is 2.39 bits per heavy atom. The van der Waals surface area contributed by atoms with Crippen LogP contribution in [0.3, 0.4) is 0 Å². The predicted octanol–water partition coefficient (Wildman–Crippen LogP) is 1.71. The first-order valence-electron chi connectivity index (χ1n) is 5.73. The summed E-state index contributed by atoms with van der Waals surface area (Å²) in [4.78, 5) is 4.20. The van der Waals surface area contributed by atoms with Gasteiger partial charge in [-0.25, -0.2) is 4.98 Å². The van der Waals surface area contributed by atoms with E-state index in [4.69, 9.17) is 5.73 Å². The van der Waals surface area contributed by atoms with E-state index in [0.717, 1.165) is 31.0 Å². The van der Waals surface area contributed by atoms with Crippen LogP contribution in [0.2, 0.25) is 0 Å². The number of anilines is 1. The number of nitrogens with two attached hydrogens (primary N) is 1. The van der Waals surface area contributed by atoms with E-state index < -0.39 is 0 Å². The van der Waals surface area contributed by atoms with Gasteiger partial charge in [0.2, 0.25) is 0 Å². The lowest BCUT2D eigenvalue weighted by atomic mass is 10.2. The predicted molar refractivity (Wildman–Crippen MR) is 74.2 cm³/mol. The minimum atomic E-state index is 0.613. The number of rotatable bonds is 6. The van der Waals surface area contributed by atoms with Gasteiger partial charge in [0.25, 0.3) is 0 Å². The number of aromatic nitrogens is 3. The van der Waals surface area contributed by atoms with Crippen LogP contribution in [0, 0.1) is 6.92 Å². The minimum Gasteiger partial charge on any atom is -0.375 e. The fourth-order valence-electron chi connectivity index (χ4n) is 1.69. The summed E-state index contributed by atoms with van der Waals surface area (Å²) >= 11 is 1.46. The van der Waals surface area contributed by atoms with Crippen molar-refractivity contribution in [2.24, 2.45) is 0 Å². The second-order valence-electron chi connectivity index (χ2n) is 4.03. The van der Waals surface area contributed by atoms with Crippen LogP contribution in [0.5, 0.6) is 0 Å². The molecule has 0 amide bonds. The molecule has 0 radical (unpaired) electrons. The molecule has 2 heterocycles. The van der Waals surface area contributed by atoms with Crippen molar-refractivity contribution in [2.45, 2.75) is 26.6 Å². The molecule has 3 N–H and O–H groups in total. The van der Waals surface area contributed by atoms with E-state index >= 15 is 0 Å². The SMILES string of the molecule is C=CCn1cc(CNCc2csc(N)n2)c(C)n1. The lowest BCUT2D eigenvalue weighted by Gasteiger charge is -2.00. The van der Waals surface area contributed by atoms with E-state index in [0.29, 0.717) is 5.13 Å². The average molecular weight is 263 g/mol. The fraction of sp³-hybridized carbons (Fsp3) is 0.333. The molecule has 0 saturated carbocycles. The number of hydrogen-bond acceptors (Lipinski definition) is 5. The number of nitrogens with zero attached hydrogens (tertiary/aromatic N) is 3. The summed E-state index contributed by atoms with van der Waals surface area (Å²) in [5, 5.41) is 10.3. The van der Waals surface area contributed by atoms with Crippen LogP contribution in [-0.4, -0.2) is 14.8 Å². The molecule has 0 spiro atoms. The number of hydrogen-bond donors (Lipinski definition) is 2. The summed E-state index contributed by atoms with van der Waals surface area (Å²) in [6, 6.07) is 0. The van der Waals surface area contributed by atoms with Gasteiger partial charge in [-0.1, -0.05) is 6.08 Å². The van der Waals surface area contributed by atoms with Crippen molar-refractivity contribution in [1.82, 2.24) is 20.1 Å². The summed E-state index contributed by atoms with van der Waals surface area (Å²) in [6.45, 7) is 7.95. The quantitative estimate of drug-likeness (QED) is 0.778. The van der Waals surface area contributed by atoms with E-state index in [1.807, 2.05) is 29.3 Å². The van der Waals surface area contributed by atoms with Gasteiger partial charge in [-0.15, -0.1) is 17.9 Å². The van der Waals surface area contributed by atoms with Crippen molar-refractivity contribution >= 4 is 16.5 Å². The number of nitrogen functional groups attached to an aromatic ring is 1. The maximum absolute atomic E-state index is 5.58. The zero-order chi connectivity index (χ0) is 13.0. The normalized spacial score (nSPS) is 10.7. The van der Waals surface area contributed by atoms with Crippen molar-refractivity contribution in [1.29, 1.82) is 0 Å². The van der Waals surface area contributed by atoms with Crippen LogP contribution in [-0.2, 0) is 19.6 Å². The Bertz CT molecular complexity index is 528. The summed E-state index contributed by atoms with van der Waals surface area (Å²) in [5.41, 5.74) is 8.80. The maximum Gasteiger partial charge on any atom is 0.180 e. The molecule has 96 valence electrons. The lowest BCUT2D eigenvalue weighted by molar-refractivity contribution is 0.677. The molecular weight excluding hydrogens is 246 g/mol. The second-order valence-corrected chi connectivity index (χ2v) is 4.92. The van der Waals surface area contributed by atoms with Gasteiger partial charge >= 0.3 is 0 Å². The molecule has 0 aliphatic heterocycles. The minimum absolute atomic E-state index is 0.613. The van der Waals surface area contributed by atoms with Gasteiger partial charge in [0.1, 0.15) is 0 Å². The lowest BCUT2D eigenvalue weighted by Crippen LogP contribution is -2.13. The van der Waals surface area contributed by atoms with Crippen LogP contribution >= 0.6 is 11.3 Å². The van der Waals surface area contributed by atoms with Crippen LogP contribution in [0.15, 0.2) is 24.2 Å². The van der Waals surface area contributed by atoms with Crippen LogP contribution < -0.4 is 11.1 Å². The van der Waals surface area contributed by atoms with Gasteiger partial charge in [0.15, 0.2) is 5.13 Å². The van der Waals surface area contributed by atoms with Crippen molar-refractivity contribution < 1.29 is 0 Å². The summed E-state index contributed by atoms with van der Waals surface area (Å²) in [6.07, 6.45) is 3.88. The topological polar surface area (TPSA) is 68.8 Å². The first kappa shape index (κ1) is 12.8. The average Bonchev–Trinajstić information content (AvgIpc) is 2.87. The third-order valence-corrected chi connectivity index (χ3v) is 3.28. The molecule has 6 heteroatoms. The Morgan fingerprint density at radius 1 is 1.56 bits per heavy atom. The van der Waals surface area contributed by atoms with Gasteiger partial charge in [-0.3, -0.25) is 4.68 Å². The van der Waals surface area contributed by atoms with Gasteiger partial charge in [-0.05, 0) is 6.92 Å². The molecule has 0 bridgehead atoms. The van der Waals surface area contributed by atoms with Gasteiger partial charge in [-0.2, -0.15) is 5.10 Å². The molecule has 0 saturated heterocycles. The van der Waals surface area contributed by atoms with E-state index in [2.05, 4.69) is 22.0 Å². The van der Waals surface area contributed by atoms with Gasteiger partial charge in [0, 0.05) is 30.2 Å². The smallest absolute Gasteiger partial charge is 0.180 e. The van der Waals surface area contributed by atoms with Gasteiger partial charge < -0.3 is 11.1 Å². The van der Waals surface area contributed by atoms with Crippen LogP contribution in [0.4, 0.5) is 5.13 Å². The van der Waals surface area contributed by atoms with E-state index in [1.165, 1.54) is 16.9 Å². The molecule has 2 rings (SSSR count). The highest BCUT2D eigenvalue weighted by Gasteiger charge is 2.04. The number of thiazole rings is 1. The first-order chi connectivity index (χ1) is 8.69. The zero-order valence-electron chi connectivity index (χ0n) is 10.4. The van der Waals surface area contributed by atoms with Crippen molar-refractivity contribution in [3.05, 3.63) is 41.2 Å². The molecule has 0 atom stereocenters. The highest BCUT2D eigenvalue weighted by Crippen LogP contribution is 2.11. The zero-order valence-corrected chi connectivity index (χ0v) is 11.2. The number of aryl methyl sites for hydroxylation is 1. The fourth-order valence-corrected chi connectivity index (χ4v) is 2.25. The third-order valence-electron chi connectivity index (χ3n) is 2.56. The Kier molecular flexibility index (Phi) is 4.11. The van der Waals surface area contributed by atoms with Crippen molar-refractivity contribution in [3.8, 4) is 0 Å². The largest absolute Gasteiger partial charge is 0.375 e. The Morgan fingerprint density at radius 3 is 3.06 bits per heavy atom. The Hall–Kier alpha value is -1.66. The second kappa shape index (κ2) is 5.79. The highest BCUT2D eigenvalue weighted by atomic mass is 32.1. The standard InChI is InChI=1S/C12H17N5S/c1-3-4-17-7-10(9(2)16-17)5-14-6-11-8-18-12(13)15-11/h3,7-8,14H,1,4-6H2,2H3,(H2,13,15). The molecule has 0 aliphatic carbocycles. The molecule has 0 fully saturated rings. The van der Waals surface area contributed by atoms with E-state index in [9.17, 15) is 0 Å². The molecule has 0 unspecified atom stereocenters. The monoisotopic (exact) mass is 263 g/mol. The Balaban J connectivity index is 1.88. The molecule has 0 aromatic carbocycles. The van der Waals surface area contributed by atoms with E-state index in [1.54, 1.807) is 0 Å². The summed E-state index contributed by atoms with van der Waals surface area (Å²) in [7, 11) is 0. The van der Waals surface area contributed by atoms with Gasteiger partial charge in [0.05, 0.1) is 17.9 Å². The van der Waals surface area contributed by atoms with Crippen LogP contribution in [0.1, 0.15) is 17.0 Å². The van der Waals surface area contributed by atoms with E-state index in [-0.39, 0.29) is 0 Å². The van der Waals surface area contributed by atoms with Crippen molar-refractivity contribution in [2.75, 3.05) is 5.73 Å². The molecule has 2 aromatic heterocycles. The molecule has 2 aromatic rings. The summed E-state index contributed by atoms with van der Waals surface area (Å²) < 4.78 is 1.89. The molecule has 18 heavy (non-hydrogen) atoms. The molecule has 0 aliphatic rings. The highest BCUT2D eigenvalue weighted by molar-refractivity contribution is 7.13. The summed E-state index contributed by atoms with van der Waals surface area (Å²) in [5.74, 6) is 0.